The summed E-state index contributed by atoms with van der Waals surface area (Å²) in [6.07, 6.45) is 5.50. The van der Waals surface area contributed by atoms with Gasteiger partial charge < -0.3 is 20.9 Å². The molecule has 7 nitrogen and oxygen atoms in total. The molecule has 0 aliphatic carbocycles. The van der Waals surface area contributed by atoms with Crippen molar-refractivity contribution in [2.24, 2.45) is 5.73 Å². The average molecular weight is 418 g/mol. The molecule has 0 saturated heterocycles. The summed E-state index contributed by atoms with van der Waals surface area (Å²) in [6, 6.07) is 14.2. The predicted octanol–water partition coefficient (Wildman–Crippen LogP) is 3.93. The third-order valence-electron chi connectivity index (χ3n) is 5.70. The largest absolute Gasteiger partial charge is 0.352 e. The lowest BCUT2D eigenvalue weighted by atomic mass is 9.98. The second-order valence-corrected chi connectivity index (χ2v) is 7.93. The van der Waals surface area contributed by atoms with Crippen molar-refractivity contribution in [1.29, 1.82) is 0 Å². The van der Waals surface area contributed by atoms with Crippen molar-refractivity contribution in [1.82, 2.24) is 14.9 Å². The normalized spacial score (nSPS) is 13.8. The molecule has 4 N–H and O–H groups in total. The van der Waals surface area contributed by atoms with Crippen molar-refractivity contribution < 1.29 is 9.59 Å². The molecular weight excluding hydrogens is 390 g/mol. The van der Waals surface area contributed by atoms with E-state index in [1.54, 1.807) is 0 Å². The van der Waals surface area contributed by atoms with Crippen LogP contribution in [0.5, 0.6) is 0 Å². The summed E-state index contributed by atoms with van der Waals surface area (Å²) >= 11 is 0. The number of hydrogen-bond acceptors (Lipinski definition) is 3. The molecule has 1 aliphatic heterocycles. The summed E-state index contributed by atoms with van der Waals surface area (Å²) in [5.41, 5.74) is 10.2. The molecule has 0 fully saturated rings. The van der Waals surface area contributed by atoms with Gasteiger partial charge in [0, 0.05) is 29.7 Å². The highest BCUT2D eigenvalue weighted by Crippen LogP contribution is 2.26. The van der Waals surface area contributed by atoms with Gasteiger partial charge in [-0.3, -0.25) is 4.79 Å². The smallest absolute Gasteiger partial charge is 0.312 e. The van der Waals surface area contributed by atoms with Gasteiger partial charge in [0.25, 0.3) is 0 Å². The molecule has 3 amide bonds. The molecule has 0 spiro atoms. The number of amides is 3. The van der Waals surface area contributed by atoms with Crippen LogP contribution in [0.4, 0.5) is 10.5 Å². The number of primary amides is 1. The number of carbonyl (C=O) groups excluding carboxylic acids is 2. The fourth-order valence-electron chi connectivity index (χ4n) is 4.15. The summed E-state index contributed by atoms with van der Waals surface area (Å²) in [6.45, 7) is 2.94. The van der Waals surface area contributed by atoms with E-state index in [2.05, 4.69) is 20.2 Å². The molecule has 2 aromatic carbocycles. The highest BCUT2D eigenvalue weighted by Gasteiger charge is 2.19. The van der Waals surface area contributed by atoms with Crippen molar-refractivity contribution in [2.75, 3.05) is 5.32 Å². The van der Waals surface area contributed by atoms with Gasteiger partial charge >= 0.3 is 6.03 Å². The lowest BCUT2D eigenvalue weighted by Crippen LogP contribution is -2.35. The number of carbonyl (C=O) groups is 2. The zero-order valence-corrected chi connectivity index (χ0v) is 17.6. The molecule has 1 unspecified atom stereocenters. The fourth-order valence-corrected chi connectivity index (χ4v) is 4.15. The second kappa shape index (κ2) is 9.04. The van der Waals surface area contributed by atoms with Gasteiger partial charge in [-0.15, -0.1) is 0 Å². The number of rotatable bonds is 6. The van der Waals surface area contributed by atoms with Gasteiger partial charge in [-0.2, -0.15) is 0 Å². The molecule has 7 heteroatoms. The van der Waals surface area contributed by atoms with Gasteiger partial charge in [0.15, 0.2) is 0 Å². The Morgan fingerprint density at radius 1 is 1.13 bits per heavy atom. The third kappa shape index (κ3) is 4.77. The van der Waals surface area contributed by atoms with E-state index < -0.39 is 12.1 Å². The molecular formula is C24H27N5O2. The quantitative estimate of drug-likeness (QED) is 0.566. The van der Waals surface area contributed by atoms with Crippen LogP contribution in [0.15, 0.2) is 54.7 Å². The predicted molar refractivity (Wildman–Crippen MR) is 120 cm³/mol. The third-order valence-corrected chi connectivity index (χ3v) is 5.70. The summed E-state index contributed by atoms with van der Waals surface area (Å²) in [5, 5.41) is 5.59. The molecule has 2 heterocycles. The summed E-state index contributed by atoms with van der Waals surface area (Å²) in [7, 11) is 0. The average Bonchev–Trinajstić information content (AvgIpc) is 3.18. The van der Waals surface area contributed by atoms with Crippen molar-refractivity contribution >= 4 is 17.6 Å². The highest BCUT2D eigenvalue weighted by molar-refractivity contribution is 5.91. The summed E-state index contributed by atoms with van der Waals surface area (Å²) < 4.78 is 2.28. The van der Waals surface area contributed by atoms with Gasteiger partial charge in [-0.1, -0.05) is 24.3 Å². The highest BCUT2D eigenvalue weighted by atomic mass is 16.2. The molecule has 1 aromatic heterocycles. The molecule has 1 aliphatic rings. The number of benzene rings is 2. The van der Waals surface area contributed by atoms with Gasteiger partial charge in [-0.05, 0) is 61.6 Å². The van der Waals surface area contributed by atoms with Gasteiger partial charge in [0.2, 0.25) is 5.91 Å². The number of urea groups is 1. The zero-order valence-electron chi connectivity index (χ0n) is 17.6. The van der Waals surface area contributed by atoms with E-state index >= 15 is 0 Å². The van der Waals surface area contributed by atoms with Crippen LogP contribution >= 0.6 is 0 Å². The van der Waals surface area contributed by atoms with E-state index in [0.29, 0.717) is 5.69 Å². The molecule has 160 valence electrons. The number of nitrogens with one attached hydrogen (secondary N) is 2. The number of aryl methyl sites for hydroxylation is 2. The topological polar surface area (TPSA) is 102 Å². The van der Waals surface area contributed by atoms with Gasteiger partial charge in [-0.25, -0.2) is 9.78 Å². The van der Waals surface area contributed by atoms with E-state index in [1.807, 2.05) is 61.7 Å². The van der Waals surface area contributed by atoms with E-state index in [-0.39, 0.29) is 12.3 Å². The van der Waals surface area contributed by atoms with Crippen LogP contribution in [0.1, 0.15) is 42.1 Å². The molecule has 0 saturated carbocycles. The molecule has 0 bridgehead atoms. The number of imidazole rings is 1. The molecule has 31 heavy (non-hydrogen) atoms. The summed E-state index contributed by atoms with van der Waals surface area (Å²) in [4.78, 5) is 28.7. The Morgan fingerprint density at radius 2 is 1.90 bits per heavy atom. The van der Waals surface area contributed by atoms with E-state index in [9.17, 15) is 9.59 Å². The van der Waals surface area contributed by atoms with Crippen LogP contribution in [0.25, 0.3) is 11.4 Å². The van der Waals surface area contributed by atoms with E-state index in [1.165, 1.54) is 18.5 Å². The molecule has 0 radical (unpaired) electrons. The first-order valence-electron chi connectivity index (χ1n) is 10.6. The van der Waals surface area contributed by atoms with Crippen LogP contribution < -0.4 is 16.4 Å². The van der Waals surface area contributed by atoms with E-state index in [4.69, 9.17) is 5.73 Å². The maximum atomic E-state index is 12.7. The van der Waals surface area contributed by atoms with Crippen molar-refractivity contribution in [3.05, 3.63) is 71.5 Å². The number of nitrogens with two attached hydrogens (primary N) is 1. The SMILES string of the molecule is Cc1ccccc1C(CC(=O)Nc1ccc(-c2ncc3n2CCCC3)cc1)NC(N)=O. The standard InChI is InChI=1S/C24H27N5O2/c1-16-6-2-3-8-20(16)21(28-24(25)31)14-22(30)27-18-11-9-17(10-12-18)23-26-15-19-7-4-5-13-29(19)23/h2-3,6,8-12,15,21H,4-5,7,13-14H2,1H3,(H,27,30)(H3,25,28,31). The number of nitrogens with zero attached hydrogens (tertiary/aromatic N) is 2. The summed E-state index contributed by atoms with van der Waals surface area (Å²) in [5.74, 6) is 0.769. The first-order valence-corrected chi connectivity index (χ1v) is 10.6. The maximum Gasteiger partial charge on any atom is 0.312 e. The second-order valence-electron chi connectivity index (χ2n) is 7.93. The molecule has 4 rings (SSSR count). The van der Waals surface area contributed by atoms with Crippen molar-refractivity contribution in [3.8, 4) is 11.4 Å². The Bertz CT molecular complexity index is 1090. The first kappa shape index (κ1) is 20.7. The Balaban J connectivity index is 1.45. The molecule has 1 atom stereocenters. The maximum absolute atomic E-state index is 12.7. The van der Waals surface area contributed by atoms with Gasteiger partial charge in [0.1, 0.15) is 5.82 Å². The Morgan fingerprint density at radius 3 is 2.65 bits per heavy atom. The Kier molecular flexibility index (Phi) is 6.02. The van der Waals surface area contributed by atoms with Crippen LogP contribution in [0.2, 0.25) is 0 Å². The number of hydrogen-bond donors (Lipinski definition) is 3. The zero-order chi connectivity index (χ0) is 21.8. The minimum Gasteiger partial charge on any atom is -0.352 e. The van der Waals surface area contributed by atoms with Crippen molar-refractivity contribution in [2.45, 2.75) is 45.2 Å². The lowest BCUT2D eigenvalue weighted by Gasteiger charge is -2.20. The number of anilines is 1. The minimum absolute atomic E-state index is 0.0866. The lowest BCUT2D eigenvalue weighted by molar-refractivity contribution is -0.116. The minimum atomic E-state index is -0.659. The van der Waals surface area contributed by atoms with Crippen LogP contribution in [-0.2, 0) is 17.8 Å². The Hall–Kier alpha value is -3.61. The van der Waals surface area contributed by atoms with Crippen LogP contribution in [-0.4, -0.2) is 21.5 Å². The fraction of sp³-hybridized carbons (Fsp3) is 0.292. The van der Waals surface area contributed by atoms with Crippen LogP contribution in [0.3, 0.4) is 0 Å². The monoisotopic (exact) mass is 417 g/mol. The number of aromatic nitrogens is 2. The van der Waals surface area contributed by atoms with Crippen molar-refractivity contribution in [3.63, 3.8) is 0 Å². The van der Waals surface area contributed by atoms with Crippen LogP contribution in [0, 0.1) is 6.92 Å². The molecule has 3 aromatic rings. The van der Waals surface area contributed by atoms with E-state index in [0.717, 1.165) is 35.5 Å². The first-order chi connectivity index (χ1) is 15.0. The van der Waals surface area contributed by atoms with Gasteiger partial charge in [0.05, 0.1) is 12.5 Å². The Labute approximate surface area is 181 Å². The number of fused-ring (bicyclic) bond motifs is 1.